The number of aromatic nitrogens is 2. The van der Waals surface area contributed by atoms with E-state index in [1.165, 1.54) is 23.8 Å². The third-order valence-corrected chi connectivity index (χ3v) is 3.31. The average molecular weight is 318 g/mol. The first-order valence-corrected chi connectivity index (χ1v) is 7.93. The highest BCUT2D eigenvalue weighted by molar-refractivity contribution is 5.73. The van der Waals surface area contributed by atoms with Gasteiger partial charge in [-0.3, -0.25) is 4.57 Å². The molecule has 0 aliphatic heterocycles. The Morgan fingerprint density at radius 1 is 1.39 bits per heavy atom. The Balaban J connectivity index is 2.04. The predicted octanol–water partition coefficient (Wildman–Crippen LogP) is 2.28. The molecule has 0 spiro atoms. The lowest BCUT2D eigenvalue weighted by Crippen LogP contribution is -2.23. The van der Waals surface area contributed by atoms with Gasteiger partial charge in [0.15, 0.2) is 5.76 Å². The van der Waals surface area contributed by atoms with Gasteiger partial charge in [-0.25, -0.2) is 4.79 Å². The molecular weight excluding hydrogens is 296 g/mol. The molecule has 2 rings (SSSR count). The van der Waals surface area contributed by atoms with E-state index in [9.17, 15) is 4.79 Å². The molecule has 2 aromatic rings. The van der Waals surface area contributed by atoms with Crippen molar-refractivity contribution >= 4 is 11.1 Å². The van der Waals surface area contributed by atoms with Crippen molar-refractivity contribution in [1.82, 2.24) is 9.55 Å². The highest BCUT2D eigenvalue weighted by Crippen LogP contribution is 2.14. The van der Waals surface area contributed by atoms with Crippen LogP contribution < -0.4 is 5.69 Å². The summed E-state index contributed by atoms with van der Waals surface area (Å²) in [5, 5.41) is 9.38. The monoisotopic (exact) mass is 318 g/mol. The molecule has 0 aliphatic rings. The number of unbranched alkanes of at least 4 members (excludes halogenated alkanes) is 4. The molecule has 6 nitrogen and oxygen atoms in total. The topological polar surface area (TPSA) is 77.5 Å². The predicted molar refractivity (Wildman–Crippen MR) is 86.9 cm³/mol. The van der Waals surface area contributed by atoms with E-state index in [2.05, 4.69) is 23.7 Å². The molecule has 0 saturated carbocycles. The molecule has 0 aromatic carbocycles. The summed E-state index contributed by atoms with van der Waals surface area (Å²) < 4.78 is 11.9. The Bertz CT molecular complexity index is 736. The van der Waals surface area contributed by atoms with Crippen LogP contribution in [0.1, 0.15) is 44.8 Å². The van der Waals surface area contributed by atoms with E-state index in [0.717, 1.165) is 12.8 Å². The SMILES string of the molecule is CCCCCCC#Cc1cc2cn(COCCO)c(=O)nc2o1. The van der Waals surface area contributed by atoms with Crippen LogP contribution in [0.4, 0.5) is 0 Å². The fourth-order valence-corrected chi connectivity index (χ4v) is 2.12. The quantitative estimate of drug-likeness (QED) is 0.597. The molecule has 0 atom stereocenters. The first-order chi connectivity index (χ1) is 11.2. The zero-order chi connectivity index (χ0) is 16.5. The van der Waals surface area contributed by atoms with E-state index >= 15 is 0 Å². The van der Waals surface area contributed by atoms with Gasteiger partial charge in [0.2, 0.25) is 5.71 Å². The molecule has 2 aromatic heterocycles. The first kappa shape index (κ1) is 17.3. The summed E-state index contributed by atoms with van der Waals surface area (Å²) in [5.74, 6) is 6.56. The third kappa shape index (κ3) is 5.23. The maximum absolute atomic E-state index is 11.8. The molecular formula is C17H22N2O4. The molecule has 23 heavy (non-hydrogen) atoms. The zero-order valence-corrected chi connectivity index (χ0v) is 13.4. The van der Waals surface area contributed by atoms with E-state index in [1.807, 2.05) is 0 Å². The Kier molecular flexibility index (Phi) is 6.85. The Morgan fingerprint density at radius 2 is 2.26 bits per heavy atom. The zero-order valence-electron chi connectivity index (χ0n) is 13.4. The maximum atomic E-state index is 11.8. The fourth-order valence-electron chi connectivity index (χ4n) is 2.12. The summed E-state index contributed by atoms with van der Waals surface area (Å²) in [7, 11) is 0. The Morgan fingerprint density at radius 3 is 3.04 bits per heavy atom. The van der Waals surface area contributed by atoms with Crippen molar-refractivity contribution < 1.29 is 14.3 Å². The van der Waals surface area contributed by atoms with Crippen LogP contribution in [0.15, 0.2) is 21.5 Å². The van der Waals surface area contributed by atoms with E-state index in [-0.39, 0.29) is 25.7 Å². The minimum Gasteiger partial charge on any atom is -0.429 e. The lowest BCUT2D eigenvalue weighted by Gasteiger charge is -2.04. The van der Waals surface area contributed by atoms with Crippen LogP contribution in [0, 0.1) is 11.8 Å². The number of rotatable bonds is 8. The minimum absolute atomic E-state index is 0.0476. The normalized spacial score (nSPS) is 10.7. The second kappa shape index (κ2) is 9.13. The van der Waals surface area contributed by atoms with Gasteiger partial charge in [0.05, 0.1) is 18.6 Å². The van der Waals surface area contributed by atoms with Crippen molar-refractivity contribution in [1.29, 1.82) is 0 Å². The molecule has 0 radical (unpaired) electrons. The minimum atomic E-state index is -0.455. The number of hydrogen-bond donors (Lipinski definition) is 1. The summed E-state index contributed by atoms with van der Waals surface area (Å²) in [6.07, 6.45) is 7.19. The van der Waals surface area contributed by atoms with Crippen molar-refractivity contribution in [3.63, 3.8) is 0 Å². The van der Waals surface area contributed by atoms with Gasteiger partial charge in [-0.05, 0) is 12.3 Å². The molecule has 0 unspecified atom stereocenters. The second-order valence-corrected chi connectivity index (χ2v) is 5.24. The highest BCUT2D eigenvalue weighted by Gasteiger charge is 2.07. The lowest BCUT2D eigenvalue weighted by atomic mass is 10.1. The average Bonchev–Trinajstić information content (AvgIpc) is 2.92. The van der Waals surface area contributed by atoms with Crippen molar-refractivity contribution in [3.8, 4) is 11.8 Å². The summed E-state index contributed by atoms with van der Waals surface area (Å²) >= 11 is 0. The summed E-state index contributed by atoms with van der Waals surface area (Å²) in [4.78, 5) is 15.7. The lowest BCUT2D eigenvalue weighted by molar-refractivity contribution is 0.0460. The number of nitrogens with zero attached hydrogens (tertiary/aromatic N) is 2. The van der Waals surface area contributed by atoms with Gasteiger partial charge in [0, 0.05) is 18.7 Å². The van der Waals surface area contributed by atoms with Crippen molar-refractivity contribution in [2.75, 3.05) is 13.2 Å². The van der Waals surface area contributed by atoms with E-state index in [4.69, 9.17) is 14.3 Å². The van der Waals surface area contributed by atoms with Crippen LogP contribution in [0.25, 0.3) is 11.1 Å². The fraction of sp³-hybridized carbons (Fsp3) is 0.529. The number of fused-ring (bicyclic) bond motifs is 1. The number of aliphatic hydroxyl groups excluding tert-OH is 1. The molecule has 6 heteroatoms. The van der Waals surface area contributed by atoms with Crippen LogP contribution >= 0.6 is 0 Å². The van der Waals surface area contributed by atoms with Gasteiger partial charge in [-0.1, -0.05) is 32.1 Å². The number of furan rings is 1. The molecule has 0 fully saturated rings. The Hall–Kier alpha value is -2.10. The van der Waals surface area contributed by atoms with Crippen LogP contribution in [0.2, 0.25) is 0 Å². The number of aliphatic hydroxyl groups is 1. The molecule has 1 N–H and O–H groups in total. The summed E-state index contributed by atoms with van der Waals surface area (Å²) in [6.45, 7) is 2.31. The van der Waals surface area contributed by atoms with Gasteiger partial charge < -0.3 is 14.3 Å². The third-order valence-electron chi connectivity index (χ3n) is 3.31. The highest BCUT2D eigenvalue weighted by atomic mass is 16.5. The van der Waals surface area contributed by atoms with Crippen LogP contribution in [0.5, 0.6) is 0 Å². The maximum Gasteiger partial charge on any atom is 0.352 e. The number of ether oxygens (including phenoxy) is 1. The van der Waals surface area contributed by atoms with Gasteiger partial charge in [-0.2, -0.15) is 4.98 Å². The van der Waals surface area contributed by atoms with Gasteiger partial charge in [-0.15, -0.1) is 0 Å². The molecule has 0 amide bonds. The smallest absolute Gasteiger partial charge is 0.352 e. The summed E-state index contributed by atoms with van der Waals surface area (Å²) in [6, 6.07) is 1.77. The molecule has 0 aliphatic carbocycles. The molecule has 2 heterocycles. The van der Waals surface area contributed by atoms with E-state index < -0.39 is 5.69 Å². The van der Waals surface area contributed by atoms with Gasteiger partial charge >= 0.3 is 5.69 Å². The van der Waals surface area contributed by atoms with E-state index in [1.54, 1.807) is 12.3 Å². The largest absolute Gasteiger partial charge is 0.429 e. The first-order valence-electron chi connectivity index (χ1n) is 7.93. The summed E-state index contributed by atoms with van der Waals surface area (Å²) in [5.41, 5.74) is -0.174. The van der Waals surface area contributed by atoms with E-state index in [0.29, 0.717) is 11.1 Å². The van der Waals surface area contributed by atoms with Crippen molar-refractivity contribution in [2.24, 2.45) is 0 Å². The second-order valence-electron chi connectivity index (χ2n) is 5.24. The van der Waals surface area contributed by atoms with Crippen molar-refractivity contribution in [2.45, 2.75) is 45.8 Å². The molecule has 0 saturated heterocycles. The molecule has 124 valence electrons. The standard InChI is InChI=1S/C17H22N2O4/c1-2-3-4-5-6-7-8-15-11-14-12-19(13-22-10-9-20)17(21)18-16(14)23-15/h11-12,20H,2-6,9-10,13H2,1H3. The van der Waals surface area contributed by atoms with Gasteiger partial charge in [0.1, 0.15) is 6.73 Å². The van der Waals surface area contributed by atoms with Crippen LogP contribution in [-0.2, 0) is 11.5 Å². The van der Waals surface area contributed by atoms with Crippen LogP contribution in [0.3, 0.4) is 0 Å². The van der Waals surface area contributed by atoms with Crippen LogP contribution in [-0.4, -0.2) is 27.9 Å². The van der Waals surface area contributed by atoms with Gasteiger partial charge in [0.25, 0.3) is 0 Å². The van der Waals surface area contributed by atoms with Crippen molar-refractivity contribution in [3.05, 3.63) is 28.5 Å². The Labute approximate surface area is 135 Å². The number of hydrogen-bond acceptors (Lipinski definition) is 5. The molecule has 0 bridgehead atoms.